The minimum Gasteiger partial charge on any atom is -0.493 e. The van der Waals surface area contributed by atoms with Crippen LogP contribution in [0.15, 0.2) is 54.7 Å². The molecule has 6 heteroatoms. The van der Waals surface area contributed by atoms with Crippen molar-refractivity contribution in [2.45, 2.75) is 13.0 Å². The predicted molar refractivity (Wildman–Crippen MR) is 97.0 cm³/mol. The fourth-order valence-corrected chi connectivity index (χ4v) is 3.05. The smallest absolute Gasteiger partial charge is 0.279 e. The minimum atomic E-state index is -0.205. The summed E-state index contributed by atoms with van der Waals surface area (Å²) in [4.78, 5) is 5.38. The molecule has 0 aliphatic heterocycles. The first-order chi connectivity index (χ1) is 12.2. The van der Waals surface area contributed by atoms with E-state index < -0.39 is 0 Å². The number of ether oxygens (including phenoxy) is 2. The Hall–Kier alpha value is -2.44. The SMILES string of the molecule is COc1ccccc1Oc1ncc(CNCCc2ccc(F)cc2)s1. The predicted octanol–water partition coefficient (Wildman–Crippen LogP) is 4.42. The number of hydrogen-bond acceptors (Lipinski definition) is 5. The van der Waals surface area contributed by atoms with Gasteiger partial charge < -0.3 is 14.8 Å². The van der Waals surface area contributed by atoms with Gasteiger partial charge in [-0.3, -0.25) is 0 Å². The van der Waals surface area contributed by atoms with Crippen molar-refractivity contribution in [3.05, 3.63) is 71.0 Å². The van der Waals surface area contributed by atoms with E-state index in [9.17, 15) is 4.39 Å². The van der Waals surface area contributed by atoms with Gasteiger partial charge in [-0.15, -0.1) is 0 Å². The second-order valence-corrected chi connectivity index (χ2v) is 6.48. The van der Waals surface area contributed by atoms with Crippen molar-refractivity contribution < 1.29 is 13.9 Å². The molecule has 1 N–H and O–H groups in total. The summed E-state index contributed by atoms with van der Waals surface area (Å²) in [6.07, 6.45) is 2.66. The quantitative estimate of drug-likeness (QED) is 0.606. The maximum Gasteiger partial charge on any atom is 0.279 e. The Kier molecular flexibility index (Phi) is 5.98. The number of thiazole rings is 1. The molecular weight excluding hydrogens is 339 g/mol. The van der Waals surface area contributed by atoms with Crippen molar-refractivity contribution in [1.29, 1.82) is 0 Å². The van der Waals surface area contributed by atoms with Crippen LogP contribution in [0.1, 0.15) is 10.4 Å². The number of methoxy groups -OCH3 is 1. The van der Waals surface area contributed by atoms with Crippen LogP contribution in [0, 0.1) is 5.82 Å². The van der Waals surface area contributed by atoms with E-state index >= 15 is 0 Å². The van der Waals surface area contributed by atoms with Crippen LogP contribution in [0.2, 0.25) is 0 Å². The highest BCUT2D eigenvalue weighted by Crippen LogP contribution is 2.32. The number of nitrogens with zero attached hydrogens (tertiary/aromatic N) is 1. The number of benzene rings is 2. The Morgan fingerprint density at radius 2 is 1.84 bits per heavy atom. The van der Waals surface area contributed by atoms with Gasteiger partial charge in [0.15, 0.2) is 11.5 Å². The summed E-state index contributed by atoms with van der Waals surface area (Å²) in [5.74, 6) is 1.12. The minimum absolute atomic E-state index is 0.205. The van der Waals surface area contributed by atoms with E-state index in [2.05, 4.69) is 10.3 Å². The van der Waals surface area contributed by atoms with Gasteiger partial charge in [-0.05, 0) is 42.8 Å². The molecule has 0 aliphatic rings. The van der Waals surface area contributed by atoms with E-state index in [1.807, 2.05) is 36.4 Å². The van der Waals surface area contributed by atoms with Crippen molar-refractivity contribution >= 4 is 11.3 Å². The van der Waals surface area contributed by atoms with Gasteiger partial charge in [0, 0.05) is 17.6 Å². The number of para-hydroxylation sites is 2. The molecule has 3 aromatic rings. The van der Waals surface area contributed by atoms with Crippen molar-refractivity contribution in [3.63, 3.8) is 0 Å². The molecule has 0 atom stereocenters. The normalized spacial score (nSPS) is 10.6. The summed E-state index contributed by atoms with van der Waals surface area (Å²) >= 11 is 1.49. The monoisotopic (exact) mass is 358 g/mol. The molecule has 0 saturated heterocycles. The van der Waals surface area contributed by atoms with Crippen LogP contribution in [0.5, 0.6) is 16.7 Å². The van der Waals surface area contributed by atoms with Crippen molar-refractivity contribution in [1.82, 2.24) is 10.3 Å². The topological polar surface area (TPSA) is 43.4 Å². The van der Waals surface area contributed by atoms with E-state index in [-0.39, 0.29) is 5.82 Å². The molecule has 25 heavy (non-hydrogen) atoms. The van der Waals surface area contributed by atoms with Gasteiger partial charge in [-0.2, -0.15) is 0 Å². The fraction of sp³-hybridized carbons (Fsp3) is 0.211. The molecule has 130 valence electrons. The first-order valence-electron chi connectivity index (χ1n) is 7.95. The molecule has 1 aromatic heterocycles. The van der Waals surface area contributed by atoms with E-state index in [0.29, 0.717) is 23.2 Å². The van der Waals surface area contributed by atoms with Crippen LogP contribution in [-0.4, -0.2) is 18.6 Å². The molecule has 2 aromatic carbocycles. The lowest BCUT2D eigenvalue weighted by atomic mass is 10.1. The van der Waals surface area contributed by atoms with Gasteiger partial charge >= 0.3 is 0 Å². The number of aromatic nitrogens is 1. The van der Waals surface area contributed by atoms with Crippen LogP contribution in [0.4, 0.5) is 4.39 Å². The second kappa shape index (κ2) is 8.60. The summed E-state index contributed by atoms with van der Waals surface area (Å²) in [5, 5.41) is 3.94. The maximum absolute atomic E-state index is 12.9. The van der Waals surface area contributed by atoms with Crippen LogP contribution in [0.3, 0.4) is 0 Å². The Balaban J connectivity index is 1.47. The van der Waals surface area contributed by atoms with Crippen molar-refractivity contribution in [2.75, 3.05) is 13.7 Å². The van der Waals surface area contributed by atoms with Gasteiger partial charge in [-0.25, -0.2) is 9.37 Å². The van der Waals surface area contributed by atoms with Crippen LogP contribution < -0.4 is 14.8 Å². The molecule has 0 spiro atoms. The zero-order valence-corrected chi connectivity index (χ0v) is 14.7. The number of halogens is 1. The zero-order chi connectivity index (χ0) is 17.5. The Labute approximate surface area is 150 Å². The maximum atomic E-state index is 12.9. The van der Waals surface area contributed by atoms with E-state index in [0.717, 1.165) is 23.4 Å². The lowest BCUT2D eigenvalue weighted by Crippen LogP contribution is -2.15. The van der Waals surface area contributed by atoms with Crippen molar-refractivity contribution in [3.8, 4) is 16.7 Å². The average Bonchev–Trinajstić information content (AvgIpc) is 3.08. The lowest BCUT2D eigenvalue weighted by molar-refractivity contribution is 0.378. The molecule has 3 rings (SSSR count). The summed E-state index contributed by atoms with van der Waals surface area (Å²) in [6, 6.07) is 14.1. The molecule has 0 saturated carbocycles. The number of nitrogens with one attached hydrogen (secondary N) is 1. The van der Waals surface area contributed by atoms with Gasteiger partial charge in [-0.1, -0.05) is 35.6 Å². The molecular formula is C19H19FN2O2S. The number of rotatable bonds is 8. The molecule has 4 nitrogen and oxygen atoms in total. The third kappa shape index (κ3) is 5.01. The highest BCUT2D eigenvalue weighted by atomic mass is 32.1. The molecule has 0 aliphatic carbocycles. The molecule has 0 bridgehead atoms. The molecule has 0 amide bonds. The zero-order valence-electron chi connectivity index (χ0n) is 13.9. The summed E-state index contributed by atoms with van der Waals surface area (Å²) in [6.45, 7) is 1.53. The van der Waals surface area contributed by atoms with Gasteiger partial charge in [0.2, 0.25) is 0 Å². The van der Waals surface area contributed by atoms with Gasteiger partial charge in [0.1, 0.15) is 5.82 Å². The Morgan fingerprint density at radius 1 is 1.08 bits per heavy atom. The highest BCUT2D eigenvalue weighted by molar-refractivity contribution is 7.13. The molecule has 0 fully saturated rings. The van der Waals surface area contributed by atoms with Crippen LogP contribution in [0.25, 0.3) is 0 Å². The van der Waals surface area contributed by atoms with Crippen molar-refractivity contribution in [2.24, 2.45) is 0 Å². The van der Waals surface area contributed by atoms with Crippen LogP contribution in [-0.2, 0) is 13.0 Å². The van der Waals surface area contributed by atoms with Gasteiger partial charge in [0.05, 0.1) is 7.11 Å². The van der Waals surface area contributed by atoms with E-state index in [1.54, 1.807) is 13.3 Å². The fourth-order valence-electron chi connectivity index (χ4n) is 2.31. The van der Waals surface area contributed by atoms with Gasteiger partial charge in [0.25, 0.3) is 5.19 Å². The molecule has 1 heterocycles. The van der Waals surface area contributed by atoms with E-state index in [1.165, 1.54) is 23.5 Å². The first kappa shape index (κ1) is 17.4. The van der Waals surface area contributed by atoms with E-state index in [4.69, 9.17) is 9.47 Å². The second-order valence-electron chi connectivity index (χ2n) is 5.40. The Bertz CT molecular complexity index is 805. The average molecular weight is 358 g/mol. The lowest BCUT2D eigenvalue weighted by Gasteiger charge is -2.06. The first-order valence-corrected chi connectivity index (χ1v) is 8.77. The third-order valence-corrected chi connectivity index (χ3v) is 4.48. The molecule has 0 radical (unpaired) electrons. The largest absolute Gasteiger partial charge is 0.493 e. The highest BCUT2D eigenvalue weighted by Gasteiger charge is 2.08. The Morgan fingerprint density at radius 3 is 2.60 bits per heavy atom. The number of hydrogen-bond donors (Lipinski definition) is 1. The summed E-state index contributed by atoms with van der Waals surface area (Å²) in [5.41, 5.74) is 1.11. The standard InChI is InChI=1S/C19H19FN2O2S/c1-23-17-4-2-3-5-18(17)24-19-22-13-16(25-19)12-21-11-10-14-6-8-15(20)9-7-14/h2-9,13,21H,10-12H2,1H3. The summed E-state index contributed by atoms with van der Waals surface area (Å²) in [7, 11) is 1.61. The summed E-state index contributed by atoms with van der Waals surface area (Å²) < 4.78 is 23.9. The molecule has 0 unspecified atom stereocenters. The third-order valence-electron chi connectivity index (χ3n) is 3.60. The van der Waals surface area contributed by atoms with Crippen LogP contribution >= 0.6 is 11.3 Å².